The molecular weight excluding hydrogens is 276 g/mol. The molecule has 0 aromatic heterocycles. The number of methoxy groups -OCH3 is 1. The molecule has 0 saturated carbocycles. The Bertz CT molecular complexity index is 424. The van der Waals surface area contributed by atoms with E-state index in [9.17, 15) is 4.79 Å². The van der Waals surface area contributed by atoms with Crippen molar-refractivity contribution in [3.63, 3.8) is 0 Å². The van der Waals surface area contributed by atoms with E-state index < -0.39 is 0 Å². The Morgan fingerprint density at radius 1 is 1.30 bits per heavy atom. The van der Waals surface area contributed by atoms with Crippen molar-refractivity contribution in [2.75, 3.05) is 25.5 Å². The number of anilines is 1. The number of amides is 1. The van der Waals surface area contributed by atoms with E-state index in [2.05, 4.69) is 17.6 Å². The van der Waals surface area contributed by atoms with Gasteiger partial charge < -0.3 is 15.4 Å². The lowest BCUT2D eigenvalue weighted by molar-refractivity contribution is -0.120. The van der Waals surface area contributed by atoms with Gasteiger partial charge in [-0.3, -0.25) is 4.79 Å². The van der Waals surface area contributed by atoms with E-state index in [1.54, 1.807) is 19.2 Å². The van der Waals surface area contributed by atoms with Crippen LogP contribution in [0.25, 0.3) is 0 Å². The van der Waals surface area contributed by atoms with Gasteiger partial charge in [-0.1, -0.05) is 31.4 Å². The van der Waals surface area contributed by atoms with E-state index in [-0.39, 0.29) is 5.91 Å². The van der Waals surface area contributed by atoms with Gasteiger partial charge in [0.25, 0.3) is 0 Å². The Kier molecular flexibility index (Phi) is 7.88. The predicted octanol–water partition coefficient (Wildman–Crippen LogP) is 3.46. The van der Waals surface area contributed by atoms with Crippen LogP contribution in [0, 0.1) is 0 Å². The SMILES string of the molecule is CCCCCNC(=O)CCNc1ccc(OC)c(Cl)c1. The average Bonchev–Trinajstić information content (AvgIpc) is 2.44. The number of carbonyl (C=O) groups is 1. The minimum absolute atomic E-state index is 0.0770. The lowest BCUT2D eigenvalue weighted by Gasteiger charge is -2.09. The Hall–Kier alpha value is -1.42. The van der Waals surface area contributed by atoms with Gasteiger partial charge in [-0.25, -0.2) is 0 Å². The second-order valence-electron chi connectivity index (χ2n) is 4.58. The monoisotopic (exact) mass is 298 g/mol. The van der Waals surface area contributed by atoms with Gasteiger partial charge >= 0.3 is 0 Å². The maximum Gasteiger partial charge on any atom is 0.221 e. The molecule has 4 nitrogen and oxygen atoms in total. The minimum atomic E-state index is 0.0770. The highest BCUT2D eigenvalue weighted by molar-refractivity contribution is 6.32. The largest absolute Gasteiger partial charge is 0.495 e. The number of hydrogen-bond donors (Lipinski definition) is 2. The van der Waals surface area contributed by atoms with Crippen molar-refractivity contribution in [1.82, 2.24) is 5.32 Å². The van der Waals surface area contributed by atoms with Gasteiger partial charge in [-0.15, -0.1) is 0 Å². The topological polar surface area (TPSA) is 50.4 Å². The number of carbonyl (C=O) groups excluding carboxylic acids is 1. The van der Waals surface area contributed by atoms with E-state index in [4.69, 9.17) is 16.3 Å². The molecule has 0 radical (unpaired) electrons. The molecule has 0 spiro atoms. The standard InChI is InChI=1S/C15H23ClN2O2/c1-3-4-5-9-18-15(19)8-10-17-12-6-7-14(20-2)13(16)11-12/h6-7,11,17H,3-5,8-10H2,1-2H3,(H,18,19). The summed E-state index contributed by atoms with van der Waals surface area (Å²) in [6.45, 7) is 3.50. The van der Waals surface area contributed by atoms with Crippen LogP contribution in [0.1, 0.15) is 32.6 Å². The minimum Gasteiger partial charge on any atom is -0.495 e. The highest BCUT2D eigenvalue weighted by Crippen LogP contribution is 2.27. The molecule has 112 valence electrons. The lowest BCUT2D eigenvalue weighted by atomic mass is 10.2. The van der Waals surface area contributed by atoms with Gasteiger partial charge in [0, 0.05) is 25.2 Å². The van der Waals surface area contributed by atoms with Crippen LogP contribution in [0.15, 0.2) is 18.2 Å². The fraction of sp³-hybridized carbons (Fsp3) is 0.533. The first-order valence-corrected chi connectivity index (χ1v) is 7.39. The van der Waals surface area contributed by atoms with E-state index >= 15 is 0 Å². The molecule has 0 aliphatic heterocycles. The van der Waals surface area contributed by atoms with Crippen molar-refractivity contribution in [1.29, 1.82) is 0 Å². The van der Waals surface area contributed by atoms with Crippen LogP contribution in [0.2, 0.25) is 5.02 Å². The van der Waals surface area contributed by atoms with Crippen molar-refractivity contribution in [3.8, 4) is 5.75 Å². The first-order valence-electron chi connectivity index (χ1n) is 7.01. The normalized spacial score (nSPS) is 10.2. The highest BCUT2D eigenvalue weighted by atomic mass is 35.5. The van der Waals surface area contributed by atoms with Gasteiger partial charge in [0.05, 0.1) is 12.1 Å². The maximum atomic E-state index is 11.6. The summed E-state index contributed by atoms with van der Waals surface area (Å²) >= 11 is 6.02. The van der Waals surface area contributed by atoms with Gasteiger partial charge in [0.1, 0.15) is 5.75 Å². The second-order valence-corrected chi connectivity index (χ2v) is 4.99. The van der Waals surface area contributed by atoms with Crippen LogP contribution in [0.5, 0.6) is 5.75 Å². The molecule has 1 amide bonds. The molecule has 0 atom stereocenters. The zero-order valence-corrected chi connectivity index (χ0v) is 12.9. The molecule has 5 heteroatoms. The van der Waals surface area contributed by atoms with Crippen LogP contribution < -0.4 is 15.4 Å². The molecule has 0 aliphatic rings. The summed E-state index contributed by atoms with van der Waals surface area (Å²) in [6, 6.07) is 5.47. The van der Waals surface area contributed by atoms with Gasteiger partial charge in [-0.2, -0.15) is 0 Å². The molecular formula is C15H23ClN2O2. The summed E-state index contributed by atoms with van der Waals surface area (Å²) in [5, 5.41) is 6.63. The zero-order chi connectivity index (χ0) is 14.8. The number of nitrogens with one attached hydrogen (secondary N) is 2. The number of benzene rings is 1. The third-order valence-corrected chi connectivity index (χ3v) is 3.23. The molecule has 1 aromatic rings. The zero-order valence-electron chi connectivity index (χ0n) is 12.2. The van der Waals surface area contributed by atoms with E-state index in [1.165, 1.54) is 0 Å². The Morgan fingerprint density at radius 3 is 2.75 bits per heavy atom. The Labute approximate surface area is 125 Å². The number of hydrogen-bond acceptors (Lipinski definition) is 3. The quantitative estimate of drug-likeness (QED) is 0.687. The van der Waals surface area contributed by atoms with Crippen molar-refractivity contribution in [2.45, 2.75) is 32.6 Å². The Balaban J connectivity index is 2.23. The van der Waals surface area contributed by atoms with Crippen LogP contribution in [0.4, 0.5) is 5.69 Å². The fourth-order valence-electron chi connectivity index (χ4n) is 1.79. The van der Waals surface area contributed by atoms with Gasteiger partial charge in [-0.05, 0) is 24.6 Å². The third-order valence-electron chi connectivity index (χ3n) is 2.94. The first-order chi connectivity index (χ1) is 9.67. The molecule has 0 heterocycles. The molecule has 0 aliphatic carbocycles. The molecule has 20 heavy (non-hydrogen) atoms. The molecule has 0 unspecified atom stereocenters. The Morgan fingerprint density at radius 2 is 2.10 bits per heavy atom. The van der Waals surface area contributed by atoms with E-state index in [1.807, 2.05) is 6.07 Å². The van der Waals surface area contributed by atoms with Gasteiger partial charge in [0.15, 0.2) is 0 Å². The smallest absolute Gasteiger partial charge is 0.221 e. The first kappa shape index (κ1) is 16.6. The van der Waals surface area contributed by atoms with E-state index in [0.29, 0.717) is 23.7 Å². The molecule has 0 saturated heterocycles. The van der Waals surface area contributed by atoms with Crippen LogP contribution >= 0.6 is 11.6 Å². The summed E-state index contributed by atoms with van der Waals surface area (Å²) in [6.07, 6.45) is 3.82. The van der Waals surface area contributed by atoms with Gasteiger partial charge in [0.2, 0.25) is 5.91 Å². The van der Waals surface area contributed by atoms with E-state index in [0.717, 1.165) is 31.5 Å². The van der Waals surface area contributed by atoms with Crippen molar-refractivity contribution in [2.24, 2.45) is 0 Å². The van der Waals surface area contributed by atoms with Crippen LogP contribution in [0.3, 0.4) is 0 Å². The third kappa shape index (κ3) is 6.15. The molecule has 2 N–H and O–H groups in total. The van der Waals surface area contributed by atoms with Crippen molar-refractivity contribution >= 4 is 23.2 Å². The summed E-state index contributed by atoms with van der Waals surface area (Å²) in [4.78, 5) is 11.6. The lowest BCUT2D eigenvalue weighted by Crippen LogP contribution is -2.26. The number of halogens is 1. The fourth-order valence-corrected chi connectivity index (χ4v) is 2.05. The predicted molar refractivity (Wildman–Crippen MR) is 83.6 cm³/mol. The summed E-state index contributed by atoms with van der Waals surface area (Å²) in [5.74, 6) is 0.721. The molecule has 1 aromatic carbocycles. The van der Waals surface area contributed by atoms with Crippen molar-refractivity contribution < 1.29 is 9.53 Å². The van der Waals surface area contributed by atoms with Crippen LogP contribution in [-0.2, 0) is 4.79 Å². The number of unbranched alkanes of at least 4 members (excludes halogenated alkanes) is 2. The molecule has 0 fully saturated rings. The summed E-state index contributed by atoms with van der Waals surface area (Å²) in [5.41, 5.74) is 0.884. The second kappa shape index (κ2) is 9.48. The van der Waals surface area contributed by atoms with Crippen LogP contribution in [-0.4, -0.2) is 26.1 Å². The maximum absolute atomic E-state index is 11.6. The number of ether oxygens (including phenoxy) is 1. The molecule has 1 rings (SSSR count). The summed E-state index contributed by atoms with van der Waals surface area (Å²) in [7, 11) is 1.58. The average molecular weight is 299 g/mol. The highest BCUT2D eigenvalue weighted by Gasteiger charge is 2.03. The molecule has 0 bridgehead atoms. The number of rotatable bonds is 9. The van der Waals surface area contributed by atoms with Crippen molar-refractivity contribution in [3.05, 3.63) is 23.2 Å². The summed E-state index contributed by atoms with van der Waals surface area (Å²) < 4.78 is 5.08.